The molecule has 36 heavy (non-hydrogen) atoms. The van der Waals surface area contributed by atoms with Crippen LogP contribution in [0.1, 0.15) is 27.0 Å². The van der Waals surface area contributed by atoms with Crippen LogP contribution < -0.4 is 21.9 Å². The molecule has 3 aromatic carbocycles. The lowest BCUT2D eigenvalue weighted by molar-refractivity contribution is -0.384. The van der Waals surface area contributed by atoms with E-state index in [-0.39, 0.29) is 35.8 Å². The quantitative estimate of drug-likeness (QED) is 0.304. The molecule has 4 aromatic rings. The Balaban J connectivity index is 1.89. The Kier molecular flexibility index (Phi) is 6.77. The number of nitro benzene ring substituents is 1. The molecule has 4 rings (SSSR count). The van der Waals surface area contributed by atoms with Crippen LogP contribution in [0.5, 0.6) is 0 Å². The number of aromatic amines is 1. The number of nitrogens with two attached hydrogens (primary N) is 1. The van der Waals surface area contributed by atoms with Crippen molar-refractivity contribution in [3.63, 3.8) is 0 Å². The fourth-order valence-corrected chi connectivity index (χ4v) is 3.88. The van der Waals surface area contributed by atoms with Crippen LogP contribution in [0.3, 0.4) is 0 Å². The van der Waals surface area contributed by atoms with E-state index in [1.54, 1.807) is 55.5 Å². The molecule has 0 aliphatic carbocycles. The third-order valence-corrected chi connectivity index (χ3v) is 5.76. The van der Waals surface area contributed by atoms with Gasteiger partial charge in [0.2, 0.25) is 0 Å². The van der Waals surface area contributed by atoms with Gasteiger partial charge in [0.1, 0.15) is 5.82 Å². The van der Waals surface area contributed by atoms with Gasteiger partial charge in [0.05, 0.1) is 18.0 Å². The predicted octanol–water partition coefficient (Wildman–Crippen LogP) is 3.23. The van der Waals surface area contributed by atoms with E-state index >= 15 is 0 Å². The van der Waals surface area contributed by atoms with E-state index in [9.17, 15) is 24.5 Å². The molecule has 0 saturated heterocycles. The minimum Gasteiger partial charge on any atom is -0.383 e. The first-order chi connectivity index (χ1) is 17.3. The third-order valence-electron chi connectivity index (χ3n) is 5.76. The highest BCUT2D eigenvalue weighted by molar-refractivity contribution is 6.08. The highest BCUT2D eigenvalue weighted by Crippen LogP contribution is 2.25. The Hall–Kier alpha value is -4.99. The Labute approximate surface area is 205 Å². The number of rotatable bonds is 7. The SMILES string of the molecule is Cc1ccc([N+](=O)[O-])cc1C(=O)N(Cc1ccccc1)c1c(N)n(Cc2ccccc2)c(=O)[nH]c1=O. The lowest BCUT2D eigenvalue weighted by atomic mass is 10.1. The molecule has 3 N–H and O–H groups in total. The number of hydrogen-bond donors (Lipinski definition) is 2. The largest absolute Gasteiger partial charge is 0.383 e. The maximum atomic E-state index is 13.8. The minimum atomic E-state index is -0.839. The smallest absolute Gasteiger partial charge is 0.330 e. The van der Waals surface area contributed by atoms with Gasteiger partial charge in [-0.1, -0.05) is 66.7 Å². The summed E-state index contributed by atoms with van der Waals surface area (Å²) in [4.78, 5) is 53.7. The molecule has 0 fully saturated rings. The van der Waals surface area contributed by atoms with E-state index in [2.05, 4.69) is 4.98 Å². The van der Waals surface area contributed by atoms with Crippen LogP contribution in [0.15, 0.2) is 88.5 Å². The second-order valence-electron chi connectivity index (χ2n) is 8.20. The van der Waals surface area contributed by atoms with Crippen molar-refractivity contribution in [3.8, 4) is 0 Å². The van der Waals surface area contributed by atoms with Crippen molar-refractivity contribution in [2.24, 2.45) is 0 Å². The zero-order valence-corrected chi connectivity index (χ0v) is 19.4. The molecule has 0 radical (unpaired) electrons. The molecule has 0 unspecified atom stereocenters. The second-order valence-corrected chi connectivity index (χ2v) is 8.20. The molecular weight excluding hydrogens is 462 g/mol. The number of non-ortho nitro benzene ring substituents is 1. The van der Waals surface area contributed by atoms with E-state index < -0.39 is 22.1 Å². The lowest BCUT2D eigenvalue weighted by Crippen LogP contribution is -2.41. The molecular formula is C26H23N5O5. The van der Waals surface area contributed by atoms with Crippen molar-refractivity contribution >= 4 is 23.1 Å². The molecule has 0 bridgehead atoms. The summed E-state index contributed by atoms with van der Waals surface area (Å²) in [6.07, 6.45) is 0. The zero-order valence-electron chi connectivity index (χ0n) is 19.4. The number of nitrogens with zero attached hydrogens (tertiary/aromatic N) is 3. The van der Waals surface area contributed by atoms with Gasteiger partial charge in [-0.2, -0.15) is 0 Å². The number of benzene rings is 3. The van der Waals surface area contributed by atoms with Gasteiger partial charge < -0.3 is 5.73 Å². The number of hydrogen-bond acceptors (Lipinski definition) is 6. The minimum absolute atomic E-state index is 0.0414. The number of anilines is 2. The Morgan fingerprint density at radius 2 is 1.61 bits per heavy atom. The van der Waals surface area contributed by atoms with Gasteiger partial charge in [0.25, 0.3) is 17.2 Å². The van der Waals surface area contributed by atoms with Crippen LogP contribution in [-0.2, 0) is 13.1 Å². The number of carbonyl (C=O) groups is 1. The van der Waals surface area contributed by atoms with Crippen molar-refractivity contribution in [1.29, 1.82) is 0 Å². The van der Waals surface area contributed by atoms with Gasteiger partial charge in [-0.3, -0.25) is 34.2 Å². The molecule has 182 valence electrons. The summed E-state index contributed by atoms with van der Waals surface area (Å²) in [6.45, 7) is 1.65. The maximum absolute atomic E-state index is 13.8. The number of H-pyrrole nitrogens is 1. The summed E-state index contributed by atoms with van der Waals surface area (Å²) in [7, 11) is 0. The van der Waals surface area contributed by atoms with Gasteiger partial charge in [-0.25, -0.2) is 4.79 Å². The first-order valence-corrected chi connectivity index (χ1v) is 11.0. The molecule has 1 aromatic heterocycles. The summed E-state index contributed by atoms with van der Waals surface area (Å²) in [5, 5.41) is 11.3. The van der Waals surface area contributed by atoms with Crippen LogP contribution in [-0.4, -0.2) is 20.4 Å². The number of nitro groups is 1. The average molecular weight is 486 g/mol. The molecule has 10 heteroatoms. The molecule has 1 heterocycles. The van der Waals surface area contributed by atoms with Crippen molar-refractivity contribution < 1.29 is 9.72 Å². The van der Waals surface area contributed by atoms with Gasteiger partial charge in [0.15, 0.2) is 5.69 Å². The number of amides is 1. The topological polar surface area (TPSA) is 144 Å². The average Bonchev–Trinajstić information content (AvgIpc) is 2.87. The highest BCUT2D eigenvalue weighted by Gasteiger charge is 2.27. The number of nitrogen functional groups attached to an aromatic ring is 1. The molecule has 10 nitrogen and oxygen atoms in total. The van der Waals surface area contributed by atoms with Gasteiger partial charge in [-0.05, 0) is 23.6 Å². The second kappa shape index (κ2) is 10.1. The summed E-state index contributed by atoms with van der Waals surface area (Å²) in [5.41, 5.74) is 6.30. The van der Waals surface area contributed by atoms with Crippen molar-refractivity contribution in [1.82, 2.24) is 9.55 Å². The van der Waals surface area contributed by atoms with Crippen LogP contribution in [0.25, 0.3) is 0 Å². The van der Waals surface area contributed by atoms with Crippen molar-refractivity contribution in [3.05, 3.63) is 132 Å². The first kappa shape index (κ1) is 24.1. The Morgan fingerprint density at radius 3 is 2.22 bits per heavy atom. The lowest BCUT2D eigenvalue weighted by Gasteiger charge is -2.25. The van der Waals surface area contributed by atoms with Crippen LogP contribution in [0, 0.1) is 17.0 Å². The molecule has 0 spiro atoms. The number of aromatic nitrogens is 2. The van der Waals surface area contributed by atoms with Gasteiger partial charge in [-0.15, -0.1) is 0 Å². The molecule has 0 aliphatic heterocycles. The van der Waals surface area contributed by atoms with Gasteiger partial charge in [0, 0.05) is 17.7 Å². The van der Waals surface area contributed by atoms with E-state index in [0.29, 0.717) is 11.1 Å². The number of carbonyl (C=O) groups excluding carboxylic acids is 1. The van der Waals surface area contributed by atoms with Gasteiger partial charge >= 0.3 is 5.69 Å². The third kappa shape index (κ3) is 4.92. The molecule has 1 amide bonds. The molecule has 0 atom stereocenters. The van der Waals surface area contributed by atoms with Crippen molar-refractivity contribution in [2.45, 2.75) is 20.0 Å². The van der Waals surface area contributed by atoms with E-state index in [4.69, 9.17) is 5.73 Å². The van der Waals surface area contributed by atoms with E-state index in [1.165, 1.54) is 22.8 Å². The van der Waals surface area contributed by atoms with Crippen LogP contribution in [0.2, 0.25) is 0 Å². The summed E-state index contributed by atoms with van der Waals surface area (Å²) < 4.78 is 1.18. The molecule has 0 saturated carbocycles. The number of aryl methyl sites for hydroxylation is 1. The predicted molar refractivity (Wildman–Crippen MR) is 136 cm³/mol. The number of nitrogens with one attached hydrogen (secondary N) is 1. The fourth-order valence-electron chi connectivity index (χ4n) is 3.88. The summed E-state index contributed by atoms with van der Waals surface area (Å²) in [5.74, 6) is -0.859. The maximum Gasteiger partial charge on any atom is 0.330 e. The summed E-state index contributed by atoms with van der Waals surface area (Å²) in [6, 6.07) is 21.9. The highest BCUT2D eigenvalue weighted by atomic mass is 16.6. The van der Waals surface area contributed by atoms with Crippen molar-refractivity contribution in [2.75, 3.05) is 10.6 Å². The summed E-state index contributed by atoms with van der Waals surface area (Å²) >= 11 is 0. The Morgan fingerprint density at radius 1 is 1.00 bits per heavy atom. The normalized spacial score (nSPS) is 10.7. The standard InChI is InChI=1S/C26H23N5O5/c1-17-12-13-20(31(35)36)14-21(17)25(33)29(15-18-8-4-2-5-9-18)22-23(27)30(26(34)28-24(22)32)16-19-10-6-3-7-11-19/h2-14H,15-16,27H2,1H3,(H,28,32,34). The van der Waals surface area contributed by atoms with E-state index in [1.807, 2.05) is 12.1 Å². The molecule has 0 aliphatic rings. The fraction of sp³-hybridized carbons (Fsp3) is 0.115. The van der Waals surface area contributed by atoms with E-state index in [0.717, 1.165) is 10.5 Å². The zero-order chi connectivity index (χ0) is 25.8. The Bertz CT molecular complexity index is 1540. The van der Waals surface area contributed by atoms with Crippen LogP contribution in [0.4, 0.5) is 17.2 Å². The first-order valence-electron chi connectivity index (χ1n) is 11.0. The van der Waals surface area contributed by atoms with Crippen LogP contribution >= 0.6 is 0 Å². The monoisotopic (exact) mass is 485 g/mol.